The number of nitrogens with one attached hydrogen (secondary N) is 2. The fraction of sp³-hybridized carbons (Fsp3) is 0.154. The van der Waals surface area contributed by atoms with Gasteiger partial charge in [-0.3, -0.25) is 14.3 Å². The summed E-state index contributed by atoms with van der Waals surface area (Å²) >= 11 is 6.86. The van der Waals surface area contributed by atoms with E-state index in [2.05, 4.69) is 46.8 Å². The van der Waals surface area contributed by atoms with Gasteiger partial charge in [0.1, 0.15) is 11.3 Å². The first-order chi connectivity index (χ1) is 10.0. The lowest BCUT2D eigenvalue weighted by molar-refractivity contribution is 0.720. The Bertz CT molecular complexity index is 955. The van der Waals surface area contributed by atoms with Gasteiger partial charge in [-0.05, 0) is 25.1 Å². The van der Waals surface area contributed by atoms with Gasteiger partial charge in [0.05, 0.1) is 0 Å². The Morgan fingerprint density at radius 2 is 2.00 bits per heavy atom. The summed E-state index contributed by atoms with van der Waals surface area (Å²) in [6.07, 6.45) is 0. The highest BCUT2D eigenvalue weighted by Crippen LogP contribution is 2.29. The van der Waals surface area contributed by atoms with Crippen LogP contribution in [0.3, 0.4) is 0 Å². The van der Waals surface area contributed by atoms with Gasteiger partial charge in [0.15, 0.2) is 5.65 Å². The molecule has 0 aliphatic carbocycles. The van der Waals surface area contributed by atoms with Crippen molar-refractivity contribution in [3.8, 4) is 11.4 Å². The number of hydrogen-bond donors (Lipinski definition) is 2. The molecule has 0 unspecified atom stereocenters. The number of nitrogens with zero attached hydrogens (tertiary/aromatic N) is 2. The van der Waals surface area contributed by atoms with Crippen LogP contribution < -0.4 is 11.2 Å². The Morgan fingerprint density at radius 1 is 1.24 bits per heavy atom. The molecule has 2 aromatic heterocycles. The van der Waals surface area contributed by atoms with E-state index in [1.165, 1.54) is 4.57 Å². The van der Waals surface area contributed by atoms with Crippen LogP contribution in [0.15, 0.2) is 36.7 Å². The first-order valence-corrected chi connectivity index (χ1v) is 7.78. The Labute approximate surface area is 135 Å². The summed E-state index contributed by atoms with van der Waals surface area (Å²) in [6.45, 7) is 2.25. The van der Waals surface area contributed by atoms with Crippen LogP contribution in [0, 0.1) is 0 Å². The third kappa shape index (κ3) is 2.38. The minimum Gasteiger partial charge on any atom is -0.332 e. The number of aryl methyl sites for hydroxylation is 1. The fourth-order valence-electron chi connectivity index (χ4n) is 2.14. The van der Waals surface area contributed by atoms with E-state index in [1.807, 2.05) is 25.1 Å². The maximum atomic E-state index is 11.9. The third-order valence-corrected chi connectivity index (χ3v) is 4.32. The number of imidazole rings is 1. The fourth-order valence-corrected chi connectivity index (χ4v) is 2.94. The van der Waals surface area contributed by atoms with E-state index < -0.39 is 11.2 Å². The second-order valence-electron chi connectivity index (χ2n) is 4.41. The maximum Gasteiger partial charge on any atom is 0.330 e. The zero-order chi connectivity index (χ0) is 15.1. The number of H-pyrrole nitrogens is 2. The summed E-state index contributed by atoms with van der Waals surface area (Å²) in [6, 6.07) is 5.65. The van der Waals surface area contributed by atoms with Crippen LogP contribution in [0.25, 0.3) is 22.6 Å². The molecule has 108 valence electrons. The Hall–Kier alpha value is -1.67. The van der Waals surface area contributed by atoms with Crippen LogP contribution in [0.4, 0.5) is 0 Å². The van der Waals surface area contributed by atoms with Crippen LogP contribution >= 0.6 is 31.9 Å². The molecule has 8 heteroatoms. The molecule has 0 aliphatic heterocycles. The lowest BCUT2D eigenvalue weighted by atomic mass is 10.2. The van der Waals surface area contributed by atoms with Gasteiger partial charge in [-0.15, -0.1) is 0 Å². The largest absolute Gasteiger partial charge is 0.332 e. The molecule has 0 amide bonds. The number of aromatic amines is 2. The molecule has 0 bridgehead atoms. The second kappa shape index (κ2) is 5.27. The molecule has 0 atom stereocenters. The van der Waals surface area contributed by atoms with Crippen molar-refractivity contribution in [2.45, 2.75) is 13.5 Å². The van der Waals surface area contributed by atoms with Gasteiger partial charge in [-0.1, -0.05) is 31.9 Å². The predicted octanol–water partition coefficient (Wildman–Crippen LogP) is 2.62. The lowest BCUT2D eigenvalue weighted by Crippen LogP contribution is -2.29. The number of aromatic nitrogens is 4. The summed E-state index contributed by atoms with van der Waals surface area (Å²) in [5.74, 6) is 0.525. The van der Waals surface area contributed by atoms with Crippen LogP contribution in [0.5, 0.6) is 0 Å². The van der Waals surface area contributed by atoms with Crippen molar-refractivity contribution >= 4 is 43.0 Å². The van der Waals surface area contributed by atoms with E-state index >= 15 is 0 Å². The van der Waals surface area contributed by atoms with E-state index in [4.69, 9.17) is 0 Å². The van der Waals surface area contributed by atoms with E-state index in [0.29, 0.717) is 23.5 Å². The van der Waals surface area contributed by atoms with Crippen LogP contribution in [-0.2, 0) is 6.54 Å². The van der Waals surface area contributed by atoms with Gasteiger partial charge in [0.25, 0.3) is 5.56 Å². The Kier molecular flexibility index (Phi) is 3.58. The first kappa shape index (κ1) is 14.3. The molecule has 0 saturated carbocycles. The van der Waals surface area contributed by atoms with Gasteiger partial charge in [-0.2, -0.15) is 0 Å². The normalized spacial score (nSPS) is 11.2. The molecule has 0 radical (unpaired) electrons. The van der Waals surface area contributed by atoms with Crippen LogP contribution in [0.2, 0.25) is 0 Å². The van der Waals surface area contributed by atoms with Crippen molar-refractivity contribution in [3.63, 3.8) is 0 Å². The second-order valence-corrected chi connectivity index (χ2v) is 6.18. The molecule has 2 heterocycles. The monoisotopic (exact) mass is 412 g/mol. The quantitative estimate of drug-likeness (QED) is 0.677. The average Bonchev–Trinajstić information content (AvgIpc) is 2.87. The molecule has 3 aromatic rings. The number of benzene rings is 1. The molecule has 0 spiro atoms. The van der Waals surface area contributed by atoms with Crippen molar-refractivity contribution < 1.29 is 0 Å². The smallest absolute Gasteiger partial charge is 0.330 e. The van der Waals surface area contributed by atoms with Crippen molar-refractivity contribution in [3.05, 3.63) is 48.0 Å². The molecule has 6 nitrogen and oxygen atoms in total. The van der Waals surface area contributed by atoms with E-state index in [-0.39, 0.29) is 0 Å². The average molecular weight is 414 g/mol. The van der Waals surface area contributed by atoms with Crippen LogP contribution in [-0.4, -0.2) is 19.5 Å². The maximum absolute atomic E-state index is 11.9. The van der Waals surface area contributed by atoms with Crippen molar-refractivity contribution in [1.82, 2.24) is 19.5 Å². The summed E-state index contributed by atoms with van der Waals surface area (Å²) in [7, 11) is 0. The molecule has 21 heavy (non-hydrogen) atoms. The number of hydrogen-bond acceptors (Lipinski definition) is 3. The standard InChI is InChI=1S/C13H10Br2N4O2/c1-2-19-11-9(12(20)18-13(19)21)16-10(17-11)7-5-6(14)3-4-8(7)15/h3-5H,2H2,1H3,(H,16,17)(H,18,20,21). The van der Waals surface area contributed by atoms with Crippen LogP contribution in [0.1, 0.15) is 6.92 Å². The van der Waals surface area contributed by atoms with Gasteiger partial charge < -0.3 is 4.98 Å². The minimum atomic E-state index is -0.468. The van der Waals surface area contributed by atoms with E-state index in [0.717, 1.165) is 14.5 Å². The summed E-state index contributed by atoms with van der Waals surface area (Å²) in [5, 5.41) is 0. The van der Waals surface area contributed by atoms with Gasteiger partial charge in [-0.25, -0.2) is 9.78 Å². The van der Waals surface area contributed by atoms with Gasteiger partial charge >= 0.3 is 5.69 Å². The molecule has 1 aromatic carbocycles. The molecule has 0 fully saturated rings. The van der Waals surface area contributed by atoms with E-state index in [1.54, 1.807) is 0 Å². The topological polar surface area (TPSA) is 83.5 Å². The number of fused-ring (bicyclic) bond motifs is 1. The first-order valence-electron chi connectivity index (χ1n) is 6.19. The van der Waals surface area contributed by atoms with Gasteiger partial charge in [0.2, 0.25) is 0 Å². The Balaban J connectivity index is 2.36. The zero-order valence-corrected chi connectivity index (χ0v) is 14.1. The zero-order valence-electron chi connectivity index (χ0n) is 10.9. The third-order valence-electron chi connectivity index (χ3n) is 3.13. The molecular formula is C13H10Br2N4O2. The highest BCUT2D eigenvalue weighted by molar-refractivity contribution is 9.11. The number of rotatable bonds is 2. The summed E-state index contributed by atoms with van der Waals surface area (Å²) < 4.78 is 3.15. The van der Waals surface area contributed by atoms with Crippen molar-refractivity contribution in [1.29, 1.82) is 0 Å². The highest BCUT2D eigenvalue weighted by atomic mass is 79.9. The van der Waals surface area contributed by atoms with Gasteiger partial charge in [0, 0.05) is 21.1 Å². The van der Waals surface area contributed by atoms with Crippen molar-refractivity contribution in [2.75, 3.05) is 0 Å². The van der Waals surface area contributed by atoms with E-state index in [9.17, 15) is 9.59 Å². The SMILES string of the molecule is CCn1c(=O)[nH]c(=O)c2[nH]c(-c3cc(Br)ccc3Br)nc21. The molecular weight excluding hydrogens is 404 g/mol. The molecule has 0 saturated heterocycles. The predicted molar refractivity (Wildman–Crippen MR) is 87.5 cm³/mol. The Morgan fingerprint density at radius 3 is 2.71 bits per heavy atom. The minimum absolute atomic E-state index is 0.290. The molecule has 0 aliphatic rings. The summed E-state index contributed by atoms with van der Waals surface area (Å²) in [4.78, 5) is 33.4. The highest BCUT2D eigenvalue weighted by Gasteiger charge is 2.14. The number of halogens is 2. The molecule has 3 rings (SSSR count). The summed E-state index contributed by atoms with van der Waals surface area (Å²) in [5.41, 5.74) is 0.521. The van der Waals surface area contributed by atoms with Crippen molar-refractivity contribution in [2.24, 2.45) is 0 Å². The molecule has 2 N–H and O–H groups in total. The lowest BCUT2D eigenvalue weighted by Gasteiger charge is -2.01.